The number of nitrogens with one attached hydrogen (secondary N) is 1. The Hall–Kier alpha value is -1.03. The molecular weight excluding hydrogens is 214 g/mol. The van der Waals surface area contributed by atoms with E-state index >= 15 is 0 Å². The van der Waals surface area contributed by atoms with Crippen LogP contribution in [0.4, 0.5) is 0 Å². The fourth-order valence-corrected chi connectivity index (χ4v) is 2.06. The van der Waals surface area contributed by atoms with Crippen LogP contribution in [0.25, 0.3) is 0 Å². The number of methoxy groups -OCH3 is 1. The molecule has 0 spiro atoms. The molecule has 2 unspecified atom stereocenters. The van der Waals surface area contributed by atoms with Crippen molar-refractivity contribution in [2.24, 2.45) is 13.0 Å². The van der Waals surface area contributed by atoms with Crippen LogP contribution in [-0.2, 0) is 7.05 Å². The number of rotatable bonds is 7. The molecule has 1 heterocycles. The minimum absolute atomic E-state index is 0.432. The first kappa shape index (κ1) is 14.0. The molecule has 98 valence electrons. The summed E-state index contributed by atoms with van der Waals surface area (Å²) in [4.78, 5) is 0. The molecular formula is C13H25N3O. The normalized spacial score (nSPS) is 14.6. The molecule has 1 rings (SSSR count). The van der Waals surface area contributed by atoms with E-state index in [0.717, 1.165) is 18.8 Å². The minimum atomic E-state index is 0.432. The Morgan fingerprint density at radius 1 is 1.47 bits per heavy atom. The molecule has 1 N–H and O–H groups in total. The third-order valence-electron chi connectivity index (χ3n) is 3.35. The van der Waals surface area contributed by atoms with Crippen molar-refractivity contribution in [2.75, 3.05) is 20.2 Å². The standard InChI is InChI=1S/C13H25N3O/c1-6-7-14-8-10(2)11(3)13-12(17-5)9-15-16(13)4/h9-11,14H,6-8H2,1-5H3. The average Bonchev–Trinajstić information content (AvgIpc) is 2.69. The van der Waals surface area contributed by atoms with Crippen LogP contribution in [-0.4, -0.2) is 30.0 Å². The highest BCUT2D eigenvalue weighted by molar-refractivity contribution is 5.28. The molecule has 0 saturated heterocycles. The zero-order chi connectivity index (χ0) is 12.8. The monoisotopic (exact) mass is 239 g/mol. The third-order valence-corrected chi connectivity index (χ3v) is 3.35. The Morgan fingerprint density at radius 2 is 2.18 bits per heavy atom. The topological polar surface area (TPSA) is 39.1 Å². The van der Waals surface area contributed by atoms with E-state index in [4.69, 9.17) is 4.74 Å². The van der Waals surface area contributed by atoms with Crippen molar-refractivity contribution in [1.29, 1.82) is 0 Å². The molecule has 1 aromatic rings. The number of hydrogen-bond acceptors (Lipinski definition) is 3. The Bertz CT molecular complexity index is 335. The summed E-state index contributed by atoms with van der Waals surface area (Å²) in [7, 11) is 3.67. The third kappa shape index (κ3) is 3.46. The number of aromatic nitrogens is 2. The van der Waals surface area contributed by atoms with E-state index in [9.17, 15) is 0 Å². The van der Waals surface area contributed by atoms with Crippen LogP contribution in [0.5, 0.6) is 5.75 Å². The van der Waals surface area contributed by atoms with Gasteiger partial charge in [-0.1, -0.05) is 20.8 Å². The second-order valence-electron chi connectivity index (χ2n) is 4.69. The molecule has 0 radical (unpaired) electrons. The van der Waals surface area contributed by atoms with Crippen molar-refractivity contribution >= 4 is 0 Å². The van der Waals surface area contributed by atoms with Gasteiger partial charge in [0.05, 0.1) is 19.0 Å². The molecule has 0 bridgehead atoms. The van der Waals surface area contributed by atoms with Gasteiger partial charge in [-0.15, -0.1) is 0 Å². The number of nitrogens with zero attached hydrogens (tertiary/aromatic N) is 2. The number of ether oxygens (including phenoxy) is 1. The second-order valence-corrected chi connectivity index (χ2v) is 4.69. The molecule has 1 aromatic heterocycles. The highest BCUT2D eigenvalue weighted by Crippen LogP contribution is 2.30. The first-order chi connectivity index (χ1) is 8.11. The van der Waals surface area contributed by atoms with Crippen LogP contribution >= 0.6 is 0 Å². The minimum Gasteiger partial charge on any atom is -0.493 e. The van der Waals surface area contributed by atoms with Crippen LogP contribution in [0.2, 0.25) is 0 Å². The van der Waals surface area contributed by atoms with Gasteiger partial charge in [0.15, 0.2) is 5.75 Å². The van der Waals surface area contributed by atoms with Gasteiger partial charge < -0.3 is 10.1 Å². The molecule has 17 heavy (non-hydrogen) atoms. The van der Waals surface area contributed by atoms with Crippen LogP contribution in [0.3, 0.4) is 0 Å². The molecule has 0 fully saturated rings. The Kier molecular flexibility index (Phi) is 5.48. The Balaban J connectivity index is 2.67. The van der Waals surface area contributed by atoms with Gasteiger partial charge in [0, 0.05) is 13.0 Å². The second kappa shape index (κ2) is 6.64. The summed E-state index contributed by atoms with van der Waals surface area (Å²) in [6.45, 7) is 8.80. The van der Waals surface area contributed by atoms with Gasteiger partial charge in [-0.3, -0.25) is 4.68 Å². The molecule has 0 aromatic carbocycles. The van der Waals surface area contributed by atoms with E-state index in [1.165, 1.54) is 12.1 Å². The predicted octanol–water partition coefficient (Wildman–Crippen LogP) is 2.17. The van der Waals surface area contributed by atoms with E-state index in [2.05, 4.69) is 31.2 Å². The van der Waals surface area contributed by atoms with Crippen molar-refractivity contribution in [3.05, 3.63) is 11.9 Å². The molecule has 0 aliphatic heterocycles. The Morgan fingerprint density at radius 3 is 2.76 bits per heavy atom. The summed E-state index contributed by atoms with van der Waals surface area (Å²) in [5.74, 6) is 1.88. The molecule has 0 aliphatic carbocycles. The maximum absolute atomic E-state index is 5.36. The summed E-state index contributed by atoms with van der Waals surface area (Å²) < 4.78 is 7.28. The Labute approximate surface area is 104 Å². The quantitative estimate of drug-likeness (QED) is 0.741. The maximum Gasteiger partial charge on any atom is 0.160 e. The van der Waals surface area contributed by atoms with Gasteiger partial charge in [0.25, 0.3) is 0 Å². The summed E-state index contributed by atoms with van der Waals surface area (Å²) in [5, 5.41) is 7.72. The van der Waals surface area contributed by atoms with E-state index in [0.29, 0.717) is 11.8 Å². The molecule has 2 atom stereocenters. The van der Waals surface area contributed by atoms with E-state index in [1.54, 1.807) is 13.3 Å². The van der Waals surface area contributed by atoms with Gasteiger partial charge in [-0.2, -0.15) is 5.10 Å². The molecule has 0 amide bonds. The first-order valence-electron chi connectivity index (χ1n) is 6.38. The lowest BCUT2D eigenvalue weighted by Crippen LogP contribution is -2.26. The molecule has 0 aliphatic rings. The number of hydrogen-bond donors (Lipinski definition) is 1. The van der Waals surface area contributed by atoms with Crippen molar-refractivity contribution in [3.8, 4) is 5.75 Å². The van der Waals surface area contributed by atoms with Gasteiger partial charge >= 0.3 is 0 Å². The van der Waals surface area contributed by atoms with Crippen LogP contribution in [0.15, 0.2) is 6.20 Å². The predicted molar refractivity (Wildman–Crippen MR) is 70.5 cm³/mol. The van der Waals surface area contributed by atoms with Crippen molar-refractivity contribution in [2.45, 2.75) is 33.1 Å². The highest BCUT2D eigenvalue weighted by Gasteiger charge is 2.21. The van der Waals surface area contributed by atoms with Crippen LogP contribution in [0.1, 0.15) is 38.8 Å². The van der Waals surface area contributed by atoms with Crippen LogP contribution < -0.4 is 10.1 Å². The first-order valence-corrected chi connectivity index (χ1v) is 6.38. The molecule has 4 nitrogen and oxygen atoms in total. The SMILES string of the molecule is CCCNCC(C)C(C)c1c(OC)cnn1C. The lowest BCUT2D eigenvalue weighted by atomic mass is 9.92. The fourth-order valence-electron chi connectivity index (χ4n) is 2.06. The zero-order valence-corrected chi connectivity index (χ0v) is 11.7. The van der Waals surface area contributed by atoms with Gasteiger partial charge in [0.2, 0.25) is 0 Å². The summed E-state index contributed by atoms with van der Waals surface area (Å²) in [5.41, 5.74) is 1.18. The molecule has 0 saturated carbocycles. The summed E-state index contributed by atoms with van der Waals surface area (Å²) >= 11 is 0. The summed E-state index contributed by atoms with van der Waals surface area (Å²) in [6, 6.07) is 0. The largest absolute Gasteiger partial charge is 0.493 e. The average molecular weight is 239 g/mol. The van der Waals surface area contributed by atoms with E-state index < -0.39 is 0 Å². The zero-order valence-electron chi connectivity index (χ0n) is 11.7. The van der Waals surface area contributed by atoms with E-state index in [1.807, 2.05) is 11.7 Å². The highest BCUT2D eigenvalue weighted by atomic mass is 16.5. The van der Waals surface area contributed by atoms with Gasteiger partial charge in [-0.05, 0) is 25.4 Å². The fraction of sp³-hybridized carbons (Fsp3) is 0.769. The van der Waals surface area contributed by atoms with Gasteiger partial charge in [-0.25, -0.2) is 0 Å². The van der Waals surface area contributed by atoms with Crippen LogP contribution in [0, 0.1) is 5.92 Å². The van der Waals surface area contributed by atoms with Crippen molar-refractivity contribution < 1.29 is 4.74 Å². The lowest BCUT2D eigenvalue weighted by molar-refractivity contribution is 0.381. The van der Waals surface area contributed by atoms with Crippen molar-refractivity contribution in [3.63, 3.8) is 0 Å². The van der Waals surface area contributed by atoms with Gasteiger partial charge in [0.1, 0.15) is 0 Å². The number of aryl methyl sites for hydroxylation is 1. The maximum atomic E-state index is 5.36. The molecule has 4 heteroatoms. The van der Waals surface area contributed by atoms with Crippen molar-refractivity contribution in [1.82, 2.24) is 15.1 Å². The smallest absolute Gasteiger partial charge is 0.160 e. The van der Waals surface area contributed by atoms with E-state index in [-0.39, 0.29) is 0 Å². The lowest BCUT2D eigenvalue weighted by Gasteiger charge is -2.21. The summed E-state index contributed by atoms with van der Waals surface area (Å²) in [6.07, 6.45) is 2.97.